The van der Waals surface area contributed by atoms with Gasteiger partial charge in [-0.05, 0) is 52.4 Å². The zero-order valence-corrected chi connectivity index (χ0v) is 19.5. The molecule has 1 heterocycles. The van der Waals surface area contributed by atoms with Crippen molar-refractivity contribution in [3.05, 3.63) is 69.2 Å². The third-order valence-corrected chi connectivity index (χ3v) is 7.44. The van der Waals surface area contributed by atoms with Crippen LogP contribution >= 0.6 is 27.5 Å². The molecule has 3 aliphatic rings. The van der Waals surface area contributed by atoms with E-state index in [1.54, 1.807) is 19.2 Å². The molecule has 0 radical (unpaired) electrons. The third kappa shape index (κ3) is 3.53. The summed E-state index contributed by atoms with van der Waals surface area (Å²) in [6, 6.07) is 11.0. The maximum Gasteiger partial charge on any atom is 0.254 e. The predicted octanol–water partition coefficient (Wildman–Crippen LogP) is 4.83. The molecule has 0 aromatic heterocycles. The van der Waals surface area contributed by atoms with Crippen molar-refractivity contribution in [3.63, 3.8) is 0 Å². The van der Waals surface area contributed by atoms with E-state index in [4.69, 9.17) is 21.1 Å². The molecule has 1 saturated carbocycles. The number of amides is 2. The van der Waals surface area contributed by atoms with E-state index in [2.05, 4.69) is 33.2 Å². The normalized spacial score (nSPS) is 25.8. The largest absolute Gasteiger partial charge is 0.493 e. The summed E-state index contributed by atoms with van der Waals surface area (Å²) in [6.45, 7) is 0.284. The van der Waals surface area contributed by atoms with Crippen molar-refractivity contribution in [1.82, 2.24) is 5.01 Å². The number of rotatable bonds is 6. The fourth-order valence-corrected chi connectivity index (χ4v) is 5.43. The van der Waals surface area contributed by atoms with Crippen LogP contribution in [0.25, 0.3) is 0 Å². The third-order valence-electron chi connectivity index (χ3n) is 6.38. The second-order valence-corrected chi connectivity index (χ2v) is 9.40. The Kier molecular flexibility index (Phi) is 5.55. The number of carbonyl (C=O) groups excluding carboxylic acids is 2. The number of hydrogen-bond donors (Lipinski definition) is 0. The Hall–Kier alpha value is -2.64. The van der Waals surface area contributed by atoms with Gasteiger partial charge in [-0.1, -0.05) is 42.0 Å². The van der Waals surface area contributed by atoms with E-state index in [9.17, 15) is 9.59 Å². The molecular weight excluding hydrogens is 496 g/mol. The number of hydrazone groups is 1. The molecule has 2 aromatic rings. The van der Waals surface area contributed by atoms with Crippen LogP contribution in [-0.2, 0) is 16.2 Å². The lowest BCUT2D eigenvalue weighted by Crippen LogP contribution is -2.28. The van der Waals surface area contributed by atoms with Crippen LogP contribution in [0.3, 0.4) is 0 Å². The Morgan fingerprint density at radius 1 is 1.12 bits per heavy atom. The summed E-state index contributed by atoms with van der Waals surface area (Å²) < 4.78 is 12.1. The van der Waals surface area contributed by atoms with Crippen LogP contribution in [-0.4, -0.2) is 30.1 Å². The van der Waals surface area contributed by atoms with Crippen molar-refractivity contribution in [2.24, 2.45) is 28.8 Å². The number of halogens is 2. The minimum Gasteiger partial charge on any atom is -0.493 e. The Morgan fingerprint density at radius 3 is 2.47 bits per heavy atom. The summed E-state index contributed by atoms with van der Waals surface area (Å²) in [7, 11) is 1.55. The van der Waals surface area contributed by atoms with Gasteiger partial charge in [-0.15, -0.1) is 0 Å². The first kappa shape index (κ1) is 21.2. The molecule has 6 nitrogen and oxygen atoms in total. The number of ether oxygens (including phenoxy) is 2. The maximum absolute atomic E-state index is 12.8. The van der Waals surface area contributed by atoms with Gasteiger partial charge < -0.3 is 9.47 Å². The quantitative estimate of drug-likeness (QED) is 0.314. The molecule has 32 heavy (non-hydrogen) atoms. The van der Waals surface area contributed by atoms with Crippen molar-refractivity contribution >= 4 is 45.6 Å². The molecule has 2 fully saturated rings. The molecule has 4 atom stereocenters. The van der Waals surface area contributed by atoms with Crippen molar-refractivity contribution < 1.29 is 19.1 Å². The van der Waals surface area contributed by atoms with Gasteiger partial charge in [0.2, 0.25) is 0 Å². The average Bonchev–Trinajstić information content (AvgIpc) is 3.47. The fraction of sp³-hybridized carbons (Fsp3) is 0.292. The SMILES string of the molecule is COc1cc(C=NN2C(=O)[C@@H]3[C@H](C2=O)[C@H]2C=C[C@H]3C2)c(Br)cc1OCc1ccccc1Cl. The second-order valence-electron chi connectivity index (χ2n) is 8.14. The van der Waals surface area contributed by atoms with E-state index >= 15 is 0 Å². The van der Waals surface area contributed by atoms with E-state index < -0.39 is 0 Å². The highest BCUT2D eigenvalue weighted by molar-refractivity contribution is 9.10. The van der Waals surface area contributed by atoms with Crippen LogP contribution in [0.5, 0.6) is 11.5 Å². The van der Waals surface area contributed by atoms with Crippen molar-refractivity contribution in [3.8, 4) is 11.5 Å². The number of fused-ring (bicyclic) bond motifs is 5. The Balaban J connectivity index is 1.34. The molecule has 2 amide bonds. The second kappa shape index (κ2) is 8.37. The van der Waals surface area contributed by atoms with Crippen LogP contribution in [0.15, 0.2) is 58.1 Å². The summed E-state index contributed by atoms with van der Waals surface area (Å²) in [5.41, 5.74) is 1.52. The number of benzene rings is 2. The number of hydrogen-bond acceptors (Lipinski definition) is 5. The minimum atomic E-state index is -0.270. The van der Waals surface area contributed by atoms with Crippen LogP contribution in [0, 0.1) is 23.7 Å². The van der Waals surface area contributed by atoms with Crippen LogP contribution in [0.1, 0.15) is 17.5 Å². The van der Waals surface area contributed by atoms with Crippen LogP contribution < -0.4 is 9.47 Å². The van der Waals surface area contributed by atoms with E-state index in [1.165, 1.54) is 6.21 Å². The van der Waals surface area contributed by atoms with E-state index in [-0.39, 0.29) is 42.1 Å². The molecule has 8 heteroatoms. The van der Waals surface area contributed by atoms with Crippen molar-refractivity contribution in [2.45, 2.75) is 13.0 Å². The van der Waals surface area contributed by atoms with E-state index in [0.717, 1.165) is 17.0 Å². The van der Waals surface area contributed by atoms with Crippen molar-refractivity contribution in [1.29, 1.82) is 0 Å². The van der Waals surface area contributed by atoms with Gasteiger partial charge in [-0.2, -0.15) is 10.1 Å². The van der Waals surface area contributed by atoms with Gasteiger partial charge in [0, 0.05) is 20.6 Å². The maximum atomic E-state index is 12.8. The fourth-order valence-electron chi connectivity index (χ4n) is 4.81. The number of nitrogens with zero attached hydrogens (tertiary/aromatic N) is 2. The van der Waals surface area contributed by atoms with Gasteiger partial charge >= 0.3 is 0 Å². The van der Waals surface area contributed by atoms with Gasteiger partial charge in [0.15, 0.2) is 11.5 Å². The highest BCUT2D eigenvalue weighted by Gasteiger charge is 2.59. The zero-order valence-electron chi connectivity index (χ0n) is 17.2. The minimum absolute atomic E-state index is 0.156. The van der Waals surface area contributed by atoms with Gasteiger partial charge in [-0.25, -0.2) is 0 Å². The van der Waals surface area contributed by atoms with Crippen molar-refractivity contribution in [2.75, 3.05) is 7.11 Å². The predicted molar refractivity (Wildman–Crippen MR) is 124 cm³/mol. The molecule has 0 N–H and O–H groups in total. The molecule has 2 aliphatic carbocycles. The van der Waals surface area contributed by atoms with Gasteiger partial charge in [0.1, 0.15) is 6.61 Å². The summed E-state index contributed by atoms with van der Waals surface area (Å²) in [5, 5.41) is 5.90. The highest BCUT2D eigenvalue weighted by Crippen LogP contribution is 2.52. The average molecular weight is 516 g/mol. The first-order valence-electron chi connectivity index (χ1n) is 10.3. The molecular formula is C24H20BrClN2O4. The topological polar surface area (TPSA) is 68.2 Å². The molecule has 2 bridgehead atoms. The van der Waals surface area contributed by atoms with Crippen LogP contribution in [0.2, 0.25) is 5.02 Å². The lowest BCUT2D eigenvalue weighted by molar-refractivity contribution is -0.140. The molecule has 2 aromatic carbocycles. The first-order chi connectivity index (χ1) is 15.5. The molecule has 1 aliphatic heterocycles. The van der Waals surface area contributed by atoms with Gasteiger partial charge in [0.05, 0.1) is 25.2 Å². The number of carbonyl (C=O) groups is 2. The Morgan fingerprint density at radius 2 is 1.81 bits per heavy atom. The van der Waals surface area contributed by atoms with Gasteiger partial charge in [0.25, 0.3) is 11.8 Å². The molecule has 164 valence electrons. The molecule has 1 saturated heterocycles. The van der Waals surface area contributed by atoms with Gasteiger partial charge in [-0.3, -0.25) is 9.59 Å². The monoisotopic (exact) mass is 514 g/mol. The highest BCUT2D eigenvalue weighted by atomic mass is 79.9. The number of methoxy groups -OCH3 is 1. The van der Waals surface area contributed by atoms with E-state index in [1.807, 2.05) is 24.3 Å². The van der Waals surface area contributed by atoms with E-state index in [0.29, 0.717) is 26.6 Å². The first-order valence-corrected chi connectivity index (χ1v) is 11.5. The summed E-state index contributed by atoms with van der Waals surface area (Å²) in [4.78, 5) is 25.6. The molecule has 0 spiro atoms. The number of allylic oxidation sites excluding steroid dienone is 2. The lowest BCUT2D eigenvalue weighted by atomic mass is 9.85. The zero-order chi connectivity index (χ0) is 22.4. The van der Waals surface area contributed by atoms with Crippen LogP contribution in [0.4, 0.5) is 0 Å². The molecule has 0 unspecified atom stereocenters. The smallest absolute Gasteiger partial charge is 0.254 e. The summed E-state index contributed by atoms with van der Waals surface area (Å²) >= 11 is 9.72. The Labute approximate surface area is 199 Å². The molecule has 5 rings (SSSR count). The Bertz CT molecular complexity index is 1130. The number of imide groups is 1. The lowest BCUT2D eigenvalue weighted by Gasteiger charge is -2.14. The summed E-state index contributed by atoms with van der Waals surface area (Å²) in [6.07, 6.45) is 6.51. The summed E-state index contributed by atoms with van der Waals surface area (Å²) in [5.74, 6) is 0.376. The standard InChI is InChI=1S/C24H20BrClN2O4/c1-31-19-9-16(17(25)10-20(19)32-12-15-4-2-3-5-18(15)26)11-27-28-23(29)21-13-6-7-14(8-13)22(21)24(28)30/h2-7,9-11,13-14,21-22H,8,12H2,1H3/t13-,14-,21-,22+/m0/s1.